The Balaban J connectivity index is 2.21. The van der Waals surface area contributed by atoms with Crippen LogP contribution in [0.15, 0.2) is 27.6 Å². The van der Waals surface area contributed by atoms with E-state index in [1.165, 1.54) is 16.8 Å². The quantitative estimate of drug-likeness (QED) is 0.818. The Bertz CT molecular complexity index is 596. The van der Waals surface area contributed by atoms with Crippen LogP contribution in [0.1, 0.15) is 39.0 Å². The predicted molar refractivity (Wildman–Crippen MR) is 89.5 cm³/mol. The second-order valence-corrected chi connectivity index (χ2v) is 8.61. The molecule has 118 valence electrons. The fraction of sp³-hybridized carbons (Fsp3) is 0.600. The molecule has 0 bridgehead atoms. The lowest BCUT2D eigenvalue weighted by atomic mass is 9.85. The van der Waals surface area contributed by atoms with Gasteiger partial charge in [0.2, 0.25) is 10.0 Å². The summed E-state index contributed by atoms with van der Waals surface area (Å²) in [7, 11) is -1.83. The highest BCUT2D eigenvalue weighted by molar-refractivity contribution is 9.10. The highest BCUT2D eigenvalue weighted by Crippen LogP contribution is 2.33. The molecular weight excluding hydrogens is 352 g/mol. The monoisotopic (exact) mass is 374 g/mol. The number of nitrogen functional groups attached to an aromatic ring is 1. The minimum Gasteiger partial charge on any atom is -0.399 e. The summed E-state index contributed by atoms with van der Waals surface area (Å²) in [5.74, 6) is 0.747. The van der Waals surface area contributed by atoms with Gasteiger partial charge in [-0.2, -0.15) is 4.31 Å². The molecule has 1 fully saturated rings. The molecule has 0 saturated heterocycles. The van der Waals surface area contributed by atoms with Crippen LogP contribution in [-0.4, -0.2) is 25.8 Å². The highest BCUT2D eigenvalue weighted by atomic mass is 79.9. The van der Waals surface area contributed by atoms with Crippen molar-refractivity contribution in [1.82, 2.24) is 4.31 Å². The number of benzene rings is 1. The number of halogens is 1. The summed E-state index contributed by atoms with van der Waals surface area (Å²) in [6, 6.07) is 4.99. The number of hydrogen-bond donors (Lipinski definition) is 1. The van der Waals surface area contributed by atoms with Crippen molar-refractivity contribution in [3.05, 3.63) is 22.7 Å². The van der Waals surface area contributed by atoms with Crippen molar-refractivity contribution >= 4 is 31.6 Å². The standard InChI is InChI=1S/C15H23BrN2O2S/c1-3-11-4-7-13(8-5-11)18(2)21(19,20)15-10-12(17)6-9-14(15)16/h6,9-11,13H,3-5,7-8,17H2,1-2H3. The van der Waals surface area contributed by atoms with Crippen molar-refractivity contribution in [1.29, 1.82) is 0 Å². The van der Waals surface area contributed by atoms with E-state index in [2.05, 4.69) is 22.9 Å². The Labute approximate surface area is 135 Å². The lowest BCUT2D eigenvalue weighted by molar-refractivity contribution is 0.233. The van der Waals surface area contributed by atoms with Gasteiger partial charge in [-0.3, -0.25) is 0 Å². The van der Waals surface area contributed by atoms with E-state index in [-0.39, 0.29) is 10.9 Å². The third-order valence-corrected chi connectivity index (χ3v) is 7.42. The maximum Gasteiger partial charge on any atom is 0.244 e. The second-order valence-electron chi connectivity index (χ2n) is 5.79. The van der Waals surface area contributed by atoms with Gasteiger partial charge in [-0.1, -0.05) is 13.3 Å². The molecule has 0 unspecified atom stereocenters. The number of nitrogens with zero attached hydrogens (tertiary/aromatic N) is 1. The Hall–Kier alpha value is -0.590. The molecule has 0 aromatic heterocycles. The van der Waals surface area contributed by atoms with Crippen LogP contribution in [0.25, 0.3) is 0 Å². The molecule has 0 spiro atoms. The number of hydrogen-bond acceptors (Lipinski definition) is 3. The lowest BCUT2D eigenvalue weighted by Crippen LogP contribution is -2.39. The van der Waals surface area contributed by atoms with Crippen LogP contribution >= 0.6 is 15.9 Å². The van der Waals surface area contributed by atoms with Crippen molar-refractivity contribution in [3.63, 3.8) is 0 Å². The van der Waals surface area contributed by atoms with Crippen LogP contribution < -0.4 is 5.73 Å². The van der Waals surface area contributed by atoms with E-state index in [4.69, 9.17) is 5.73 Å². The normalized spacial score (nSPS) is 23.4. The van der Waals surface area contributed by atoms with E-state index in [1.54, 1.807) is 19.2 Å². The Morgan fingerprint density at radius 3 is 2.48 bits per heavy atom. The summed E-state index contributed by atoms with van der Waals surface area (Å²) in [6.07, 6.45) is 5.28. The van der Waals surface area contributed by atoms with Crippen LogP contribution in [0.3, 0.4) is 0 Å². The maximum atomic E-state index is 12.8. The summed E-state index contributed by atoms with van der Waals surface area (Å²) in [5.41, 5.74) is 6.19. The van der Waals surface area contributed by atoms with E-state index < -0.39 is 10.0 Å². The zero-order chi connectivity index (χ0) is 15.6. The third kappa shape index (κ3) is 3.60. The average molecular weight is 375 g/mol. The molecule has 2 N–H and O–H groups in total. The molecule has 0 atom stereocenters. The molecule has 0 amide bonds. The fourth-order valence-electron chi connectivity index (χ4n) is 2.99. The van der Waals surface area contributed by atoms with Gasteiger partial charge < -0.3 is 5.73 Å². The van der Waals surface area contributed by atoms with Crippen molar-refractivity contribution < 1.29 is 8.42 Å². The Morgan fingerprint density at radius 1 is 1.29 bits per heavy atom. The average Bonchev–Trinajstić information content (AvgIpc) is 2.49. The van der Waals surface area contributed by atoms with Crippen LogP contribution in [0.4, 0.5) is 5.69 Å². The summed E-state index contributed by atoms with van der Waals surface area (Å²) in [6.45, 7) is 2.20. The van der Waals surface area contributed by atoms with E-state index in [9.17, 15) is 8.42 Å². The van der Waals surface area contributed by atoms with Crippen molar-refractivity contribution in [2.75, 3.05) is 12.8 Å². The Morgan fingerprint density at radius 2 is 1.90 bits per heavy atom. The van der Waals surface area contributed by atoms with Gasteiger partial charge in [-0.25, -0.2) is 8.42 Å². The molecule has 1 saturated carbocycles. The second kappa shape index (κ2) is 6.67. The summed E-state index contributed by atoms with van der Waals surface area (Å²) >= 11 is 3.32. The topological polar surface area (TPSA) is 63.4 Å². The molecule has 0 radical (unpaired) electrons. The maximum absolute atomic E-state index is 12.8. The van der Waals surface area contributed by atoms with Crippen LogP contribution in [0, 0.1) is 5.92 Å². The van der Waals surface area contributed by atoms with Gasteiger partial charge in [-0.15, -0.1) is 0 Å². The molecule has 1 aromatic rings. The SMILES string of the molecule is CCC1CCC(N(C)S(=O)(=O)c2cc(N)ccc2Br)CC1. The first-order chi connectivity index (χ1) is 9.86. The number of rotatable bonds is 4. The van der Waals surface area contributed by atoms with Gasteiger partial charge >= 0.3 is 0 Å². The van der Waals surface area contributed by atoms with Gasteiger partial charge in [0.1, 0.15) is 0 Å². The third-order valence-electron chi connectivity index (χ3n) is 4.52. The van der Waals surface area contributed by atoms with Gasteiger partial charge in [0.05, 0.1) is 4.90 Å². The number of nitrogens with two attached hydrogens (primary N) is 1. The summed E-state index contributed by atoms with van der Waals surface area (Å²) in [5, 5.41) is 0. The first-order valence-corrected chi connectivity index (χ1v) is 9.62. The molecule has 0 aliphatic heterocycles. The molecule has 1 aliphatic carbocycles. The lowest BCUT2D eigenvalue weighted by Gasteiger charge is -2.33. The molecule has 21 heavy (non-hydrogen) atoms. The number of sulfonamides is 1. The van der Waals surface area contributed by atoms with Crippen LogP contribution in [0.5, 0.6) is 0 Å². The van der Waals surface area contributed by atoms with Gasteiger partial charge in [-0.05, 0) is 65.7 Å². The van der Waals surface area contributed by atoms with E-state index in [0.717, 1.165) is 31.6 Å². The molecule has 2 rings (SSSR count). The van der Waals surface area contributed by atoms with Gasteiger partial charge in [0.25, 0.3) is 0 Å². The summed E-state index contributed by atoms with van der Waals surface area (Å²) in [4.78, 5) is 0.252. The van der Waals surface area contributed by atoms with Crippen molar-refractivity contribution in [2.24, 2.45) is 5.92 Å². The zero-order valence-electron chi connectivity index (χ0n) is 12.5. The molecule has 4 nitrogen and oxygen atoms in total. The van der Waals surface area contributed by atoms with Crippen molar-refractivity contribution in [2.45, 2.75) is 50.0 Å². The van der Waals surface area contributed by atoms with E-state index in [1.807, 2.05) is 0 Å². The van der Waals surface area contributed by atoms with Gasteiger partial charge in [0, 0.05) is 23.2 Å². The largest absolute Gasteiger partial charge is 0.399 e. The molecule has 0 heterocycles. The number of anilines is 1. The van der Waals surface area contributed by atoms with E-state index >= 15 is 0 Å². The van der Waals surface area contributed by atoms with Crippen LogP contribution in [-0.2, 0) is 10.0 Å². The molecule has 1 aliphatic rings. The molecule has 6 heteroatoms. The van der Waals surface area contributed by atoms with E-state index in [0.29, 0.717) is 10.2 Å². The van der Waals surface area contributed by atoms with Crippen molar-refractivity contribution in [3.8, 4) is 0 Å². The summed E-state index contributed by atoms with van der Waals surface area (Å²) < 4.78 is 27.7. The first kappa shape index (κ1) is 16.8. The first-order valence-electron chi connectivity index (χ1n) is 7.39. The Kier molecular flexibility index (Phi) is 5.33. The minimum absolute atomic E-state index is 0.0890. The highest BCUT2D eigenvalue weighted by Gasteiger charge is 2.32. The fourth-order valence-corrected chi connectivity index (χ4v) is 5.36. The zero-order valence-corrected chi connectivity index (χ0v) is 15.0. The van der Waals surface area contributed by atoms with Gasteiger partial charge in [0.15, 0.2) is 0 Å². The molecule has 1 aromatic carbocycles. The minimum atomic E-state index is -3.51. The predicted octanol–water partition coefficient (Wildman–Crippen LogP) is 3.62. The van der Waals surface area contributed by atoms with Crippen LogP contribution in [0.2, 0.25) is 0 Å². The smallest absolute Gasteiger partial charge is 0.244 e. The molecular formula is C15H23BrN2O2S.